The molecule has 0 radical (unpaired) electrons. The molecule has 1 amide bonds. The summed E-state index contributed by atoms with van der Waals surface area (Å²) in [5.41, 5.74) is 6.31. The number of aryl methyl sites for hydroxylation is 2. The minimum absolute atomic E-state index is 0.153. The van der Waals surface area contributed by atoms with Gasteiger partial charge in [0.05, 0.1) is 12.2 Å². The molecule has 31 heavy (non-hydrogen) atoms. The van der Waals surface area contributed by atoms with Gasteiger partial charge in [-0.25, -0.2) is 0 Å². The molecule has 1 aromatic heterocycles. The van der Waals surface area contributed by atoms with Gasteiger partial charge >= 0.3 is 0 Å². The van der Waals surface area contributed by atoms with Crippen LogP contribution in [0.25, 0.3) is 6.08 Å². The fraction of sp³-hybridized carbons (Fsp3) is 0.280. The van der Waals surface area contributed by atoms with Crippen LogP contribution >= 0.6 is 0 Å². The van der Waals surface area contributed by atoms with E-state index in [0.717, 1.165) is 34.0 Å². The Bertz CT molecular complexity index is 1110. The van der Waals surface area contributed by atoms with Gasteiger partial charge in [-0.2, -0.15) is 5.10 Å². The summed E-state index contributed by atoms with van der Waals surface area (Å²) in [7, 11) is 0. The highest BCUT2D eigenvalue weighted by Gasteiger charge is 2.12. The topological polar surface area (TPSA) is 65.4 Å². The van der Waals surface area contributed by atoms with Crippen molar-refractivity contribution in [3.63, 3.8) is 0 Å². The highest BCUT2D eigenvalue weighted by atomic mass is 16.6. The second-order valence-electron chi connectivity index (χ2n) is 7.76. The number of ether oxygens (including phenoxy) is 2. The van der Waals surface area contributed by atoms with Crippen molar-refractivity contribution in [3.05, 3.63) is 82.2 Å². The number of aromatic nitrogens is 2. The number of nitrogens with one attached hydrogen (secondary N) is 1. The fourth-order valence-corrected chi connectivity index (χ4v) is 3.58. The Hall–Kier alpha value is -3.54. The molecule has 0 unspecified atom stereocenters. The number of benzene rings is 2. The maximum atomic E-state index is 12.3. The molecule has 160 valence electrons. The largest absolute Gasteiger partial charge is 0.486 e. The second kappa shape index (κ2) is 9.08. The molecular formula is C25H27N3O3. The normalized spacial score (nSPS) is 12.9. The van der Waals surface area contributed by atoms with Crippen molar-refractivity contribution >= 4 is 12.0 Å². The third-order valence-electron chi connectivity index (χ3n) is 5.37. The molecule has 0 bridgehead atoms. The van der Waals surface area contributed by atoms with Crippen molar-refractivity contribution in [2.45, 2.75) is 33.9 Å². The lowest BCUT2D eigenvalue weighted by atomic mass is 10.1. The maximum Gasteiger partial charge on any atom is 0.244 e. The molecule has 0 aliphatic carbocycles. The standard InChI is InChI=1S/C25H27N3O3/c1-17-4-6-20(7-5-17)16-28-19(3)22(18(2)27-28)9-11-25(29)26-15-21-8-10-23-24(14-21)31-13-12-30-23/h4-11,14H,12-13,15-16H2,1-3H3,(H,26,29). The lowest BCUT2D eigenvalue weighted by molar-refractivity contribution is -0.116. The zero-order valence-electron chi connectivity index (χ0n) is 18.1. The van der Waals surface area contributed by atoms with Crippen LogP contribution in [0.3, 0.4) is 0 Å². The molecule has 0 saturated heterocycles. The maximum absolute atomic E-state index is 12.3. The average Bonchev–Trinajstić information content (AvgIpc) is 3.04. The summed E-state index contributed by atoms with van der Waals surface area (Å²) in [5, 5.41) is 7.57. The van der Waals surface area contributed by atoms with E-state index in [4.69, 9.17) is 9.47 Å². The first-order valence-corrected chi connectivity index (χ1v) is 10.4. The van der Waals surface area contributed by atoms with Gasteiger partial charge in [0.1, 0.15) is 13.2 Å². The molecule has 1 aliphatic rings. The number of rotatable bonds is 6. The molecule has 4 rings (SSSR count). The number of nitrogens with zero attached hydrogens (tertiary/aromatic N) is 2. The first kappa shape index (κ1) is 20.7. The molecule has 0 atom stereocenters. The second-order valence-corrected chi connectivity index (χ2v) is 7.76. The fourth-order valence-electron chi connectivity index (χ4n) is 3.58. The van der Waals surface area contributed by atoms with Gasteiger partial charge in [-0.15, -0.1) is 0 Å². The SMILES string of the molecule is Cc1ccc(Cn2nc(C)c(C=CC(=O)NCc3ccc4c(c3)OCCO4)c2C)cc1. The van der Waals surface area contributed by atoms with E-state index in [0.29, 0.717) is 26.3 Å². The van der Waals surface area contributed by atoms with E-state index in [-0.39, 0.29) is 5.91 Å². The molecule has 6 heteroatoms. The van der Waals surface area contributed by atoms with E-state index in [1.807, 2.05) is 42.8 Å². The molecule has 0 spiro atoms. The Morgan fingerprint density at radius 1 is 1.03 bits per heavy atom. The molecule has 1 aliphatic heterocycles. The summed E-state index contributed by atoms with van der Waals surface area (Å²) >= 11 is 0. The minimum atomic E-state index is -0.153. The lowest BCUT2D eigenvalue weighted by Gasteiger charge is -2.18. The van der Waals surface area contributed by atoms with Gasteiger partial charge in [-0.1, -0.05) is 35.9 Å². The van der Waals surface area contributed by atoms with Crippen molar-refractivity contribution in [3.8, 4) is 11.5 Å². The zero-order valence-corrected chi connectivity index (χ0v) is 18.1. The molecular weight excluding hydrogens is 390 g/mol. The van der Waals surface area contributed by atoms with Crippen molar-refractivity contribution in [2.24, 2.45) is 0 Å². The van der Waals surface area contributed by atoms with Crippen molar-refractivity contribution in [1.29, 1.82) is 0 Å². The number of hydrogen-bond donors (Lipinski definition) is 1. The highest BCUT2D eigenvalue weighted by molar-refractivity contribution is 5.92. The van der Waals surface area contributed by atoms with Gasteiger partial charge in [0.25, 0.3) is 0 Å². The molecule has 6 nitrogen and oxygen atoms in total. The number of hydrogen-bond acceptors (Lipinski definition) is 4. The van der Waals surface area contributed by atoms with E-state index in [9.17, 15) is 4.79 Å². The summed E-state index contributed by atoms with van der Waals surface area (Å²) in [6, 6.07) is 14.2. The van der Waals surface area contributed by atoms with Crippen LogP contribution in [0.5, 0.6) is 11.5 Å². The third-order valence-corrected chi connectivity index (χ3v) is 5.37. The average molecular weight is 418 g/mol. The predicted molar refractivity (Wildman–Crippen MR) is 120 cm³/mol. The summed E-state index contributed by atoms with van der Waals surface area (Å²) < 4.78 is 13.1. The van der Waals surface area contributed by atoms with Crippen LogP contribution in [-0.2, 0) is 17.9 Å². The Morgan fingerprint density at radius 2 is 1.74 bits per heavy atom. The first-order valence-electron chi connectivity index (χ1n) is 10.4. The Balaban J connectivity index is 1.38. The predicted octanol–water partition coefficient (Wildman–Crippen LogP) is 3.96. The highest BCUT2D eigenvalue weighted by Crippen LogP contribution is 2.30. The van der Waals surface area contributed by atoms with Gasteiger partial charge in [0.2, 0.25) is 5.91 Å². The van der Waals surface area contributed by atoms with Gasteiger partial charge in [-0.05, 0) is 50.1 Å². The molecule has 3 aromatic rings. The van der Waals surface area contributed by atoms with E-state index in [2.05, 4.69) is 41.6 Å². The molecule has 0 saturated carbocycles. The number of fused-ring (bicyclic) bond motifs is 1. The molecule has 0 fully saturated rings. The van der Waals surface area contributed by atoms with Crippen LogP contribution in [-0.4, -0.2) is 28.9 Å². The van der Waals surface area contributed by atoms with Crippen molar-refractivity contribution in [1.82, 2.24) is 15.1 Å². The van der Waals surface area contributed by atoms with Gasteiger partial charge < -0.3 is 14.8 Å². The zero-order chi connectivity index (χ0) is 21.8. The smallest absolute Gasteiger partial charge is 0.244 e. The first-order chi connectivity index (χ1) is 15.0. The monoisotopic (exact) mass is 417 g/mol. The van der Waals surface area contributed by atoms with E-state index >= 15 is 0 Å². The van der Waals surface area contributed by atoms with Crippen LogP contribution in [0.15, 0.2) is 48.5 Å². The van der Waals surface area contributed by atoms with E-state index in [1.54, 1.807) is 6.08 Å². The van der Waals surface area contributed by atoms with Gasteiger partial charge in [0, 0.05) is 23.9 Å². The molecule has 2 aromatic carbocycles. The number of amides is 1. The van der Waals surface area contributed by atoms with Crippen molar-refractivity contribution in [2.75, 3.05) is 13.2 Å². The van der Waals surface area contributed by atoms with Crippen molar-refractivity contribution < 1.29 is 14.3 Å². The van der Waals surface area contributed by atoms with Gasteiger partial charge in [0.15, 0.2) is 11.5 Å². The molecule has 2 heterocycles. The van der Waals surface area contributed by atoms with Crippen LogP contribution in [0, 0.1) is 20.8 Å². The lowest BCUT2D eigenvalue weighted by Crippen LogP contribution is -2.21. The Labute approximate surface area is 182 Å². The van der Waals surface area contributed by atoms with Gasteiger partial charge in [-0.3, -0.25) is 9.48 Å². The molecule has 1 N–H and O–H groups in total. The summed E-state index contributed by atoms with van der Waals surface area (Å²) in [4.78, 5) is 12.3. The number of carbonyl (C=O) groups excluding carboxylic acids is 1. The van der Waals surface area contributed by atoms with Crippen LogP contribution in [0.4, 0.5) is 0 Å². The minimum Gasteiger partial charge on any atom is -0.486 e. The summed E-state index contributed by atoms with van der Waals surface area (Å²) in [5.74, 6) is 1.32. The Morgan fingerprint density at radius 3 is 2.52 bits per heavy atom. The Kier molecular flexibility index (Phi) is 6.07. The third kappa shape index (κ3) is 4.97. The summed E-state index contributed by atoms with van der Waals surface area (Å²) in [6.45, 7) is 8.30. The summed E-state index contributed by atoms with van der Waals surface area (Å²) in [6.07, 6.45) is 3.40. The van der Waals surface area contributed by atoms with E-state index < -0.39 is 0 Å². The van der Waals surface area contributed by atoms with Crippen LogP contribution in [0.2, 0.25) is 0 Å². The van der Waals surface area contributed by atoms with Crippen LogP contribution in [0.1, 0.15) is 33.6 Å². The quantitative estimate of drug-likeness (QED) is 0.617. The number of carbonyl (C=O) groups is 1. The van der Waals surface area contributed by atoms with Crippen LogP contribution < -0.4 is 14.8 Å². The van der Waals surface area contributed by atoms with E-state index in [1.165, 1.54) is 11.1 Å².